The van der Waals surface area contributed by atoms with E-state index in [9.17, 15) is 4.79 Å². The van der Waals surface area contributed by atoms with E-state index in [2.05, 4.69) is 15.3 Å². The lowest BCUT2D eigenvalue weighted by Gasteiger charge is -2.15. The number of hydrogen-bond acceptors (Lipinski definition) is 8. The first kappa shape index (κ1) is 16.6. The molecule has 8 heteroatoms. The van der Waals surface area contributed by atoms with Crippen molar-refractivity contribution in [2.45, 2.75) is 6.92 Å². The van der Waals surface area contributed by atoms with Crippen molar-refractivity contribution in [2.24, 2.45) is 0 Å². The maximum atomic E-state index is 11.5. The average molecular weight is 321 g/mol. The van der Waals surface area contributed by atoms with Crippen LogP contribution in [0.25, 0.3) is 10.9 Å². The molecule has 1 aromatic heterocycles. The van der Waals surface area contributed by atoms with Crippen molar-refractivity contribution in [3.8, 4) is 17.2 Å². The number of methoxy groups -OCH3 is 3. The van der Waals surface area contributed by atoms with Gasteiger partial charge in [-0.3, -0.25) is 4.79 Å². The number of benzene rings is 1. The third kappa shape index (κ3) is 3.36. The molecule has 0 aliphatic rings. The number of aromatic nitrogens is 2. The van der Waals surface area contributed by atoms with Crippen molar-refractivity contribution >= 4 is 22.7 Å². The minimum Gasteiger partial charge on any atom is -0.493 e. The highest BCUT2D eigenvalue weighted by atomic mass is 16.5. The van der Waals surface area contributed by atoms with Crippen LogP contribution in [0.5, 0.6) is 17.2 Å². The number of rotatable bonds is 7. The van der Waals surface area contributed by atoms with Crippen LogP contribution in [0.15, 0.2) is 12.4 Å². The molecule has 124 valence electrons. The first-order valence-electron chi connectivity index (χ1n) is 6.99. The van der Waals surface area contributed by atoms with Gasteiger partial charge in [-0.15, -0.1) is 0 Å². The molecule has 0 bridgehead atoms. The molecule has 23 heavy (non-hydrogen) atoms. The van der Waals surface area contributed by atoms with E-state index >= 15 is 0 Å². The largest absolute Gasteiger partial charge is 0.493 e. The maximum absolute atomic E-state index is 11.5. The SMILES string of the molecule is CCOC(=O)CNc1ncnc2c(OC)c(OC)c(OC)cc12. The molecule has 1 heterocycles. The second-order valence-corrected chi connectivity index (χ2v) is 4.42. The van der Waals surface area contributed by atoms with Gasteiger partial charge in [0.25, 0.3) is 0 Å². The van der Waals surface area contributed by atoms with Gasteiger partial charge >= 0.3 is 5.97 Å². The molecule has 2 rings (SSSR count). The maximum Gasteiger partial charge on any atom is 0.325 e. The van der Waals surface area contributed by atoms with Crippen LogP contribution in [0, 0.1) is 0 Å². The number of esters is 1. The van der Waals surface area contributed by atoms with Gasteiger partial charge in [-0.1, -0.05) is 0 Å². The number of carbonyl (C=O) groups excluding carboxylic acids is 1. The minimum absolute atomic E-state index is 0.00336. The Hall–Kier alpha value is -2.77. The number of anilines is 1. The summed E-state index contributed by atoms with van der Waals surface area (Å²) >= 11 is 0. The molecule has 0 atom stereocenters. The fourth-order valence-electron chi connectivity index (χ4n) is 2.17. The zero-order chi connectivity index (χ0) is 16.8. The van der Waals surface area contributed by atoms with Gasteiger partial charge < -0.3 is 24.3 Å². The summed E-state index contributed by atoms with van der Waals surface area (Å²) in [6.45, 7) is 2.07. The number of nitrogens with one attached hydrogen (secondary N) is 1. The van der Waals surface area contributed by atoms with Crippen LogP contribution in [0.2, 0.25) is 0 Å². The highest BCUT2D eigenvalue weighted by Crippen LogP contribution is 2.43. The highest BCUT2D eigenvalue weighted by molar-refractivity contribution is 5.97. The van der Waals surface area contributed by atoms with Gasteiger partial charge in [0.05, 0.1) is 33.3 Å². The molecule has 1 aromatic carbocycles. The fourth-order valence-corrected chi connectivity index (χ4v) is 2.17. The predicted molar refractivity (Wildman–Crippen MR) is 84.3 cm³/mol. The number of carbonyl (C=O) groups is 1. The van der Waals surface area contributed by atoms with Gasteiger partial charge in [0.15, 0.2) is 11.5 Å². The standard InChI is InChI=1S/C15H19N3O5/c1-5-23-11(19)7-16-15-9-6-10(20-2)13(21-3)14(22-4)12(9)17-8-18-15/h6,8H,5,7H2,1-4H3,(H,16,17,18). The summed E-state index contributed by atoms with van der Waals surface area (Å²) in [5.41, 5.74) is 0.548. The quantitative estimate of drug-likeness (QED) is 0.769. The summed E-state index contributed by atoms with van der Waals surface area (Å²) in [5.74, 6) is 1.46. The van der Waals surface area contributed by atoms with Crippen LogP contribution < -0.4 is 19.5 Å². The van der Waals surface area contributed by atoms with Crippen LogP contribution >= 0.6 is 0 Å². The Labute approximate surface area is 133 Å². The van der Waals surface area contributed by atoms with Crippen LogP contribution in [-0.2, 0) is 9.53 Å². The van der Waals surface area contributed by atoms with Crippen LogP contribution in [0.4, 0.5) is 5.82 Å². The Morgan fingerprint density at radius 3 is 2.48 bits per heavy atom. The summed E-state index contributed by atoms with van der Waals surface area (Å²) in [7, 11) is 4.57. The van der Waals surface area contributed by atoms with Crippen LogP contribution in [0.1, 0.15) is 6.92 Å². The topological polar surface area (TPSA) is 91.8 Å². The zero-order valence-electron chi connectivity index (χ0n) is 13.5. The Balaban J connectivity index is 2.49. The van der Waals surface area contributed by atoms with E-state index < -0.39 is 0 Å². The Morgan fingerprint density at radius 2 is 1.87 bits per heavy atom. The Kier molecular flexibility index (Phi) is 5.40. The van der Waals surface area contributed by atoms with Crippen molar-refractivity contribution in [2.75, 3.05) is 39.8 Å². The molecular formula is C15H19N3O5. The summed E-state index contributed by atoms with van der Waals surface area (Å²) in [6, 6.07) is 1.73. The van der Waals surface area contributed by atoms with Crippen molar-refractivity contribution in [1.82, 2.24) is 9.97 Å². The van der Waals surface area contributed by atoms with Crippen molar-refractivity contribution in [1.29, 1.82) is 0 Å². The van der Waals surface area contributed by atoms with E-state index in [1.54, 1.807) is 13.0 Å². The molecule has 0 aliphatic heterocycles. The summed E-state index contributed by atoms with van der Waals surface area (Å²) in [5, 5.41) is 3.58. The molecular weight excluding hydrogens is 302 g/mol. The van der Waals surface area contributed by atoms with Crippen molar-refractivity contribution in [3.63, 3.8) is 0 Å². The fraction of sp³-hybridized carbons (Fsp3) is 0.400. The van der Waals surface area contributed by atoms with E-state index in [1.807, 2.05) is 0 Å². The molecule has 0 fully saturated rings. The molecule has 2 aromatic rings. The van der Waals surface area contributed by atoms with Gasteiger partial charge in [-0.2, -0.15) is 0 Å². The zero-order valence-corrected chi connectivity index (χ0v) is 13.5. The third-order valence-corrected chi connectivity index (χ3v) is 3.14. The molecule has 0 radical (unpaired) electrons. The van der Waals surface area contributed by atoms with E-state index in [4.69, 9.17) is 18.9 Å². The third-order valence-electron chi connectivity index (χ3n) is 3.14. The minimum atomic E-state index is -0.369. The first-order valence-corrected chi connectivity index (χ1v) is 6.99. The van der Waals surface area contributed by atoms with Crippen LogP contribution in [0.3, 0.4) is 0 Å². The lowest BCUT2D eigenvalue weighted by Crippen LogP contribution is -2.17. The van der Waals surface area contributed by atoms with Crippen LogP contribution in [-0.4, -0.2) is 50.4 Å². The number of hydrogen-bond donors (Lipinski definition) is 1. The number of nitrogens with zero attached hydrogens (tertiary/aromatic N) is 2. The van der Waals surface area contributed by atoms with Crippen molar-refractivity contribution in [3.05, 3.63) is 12.4 Å². The van der Waals surface area contributed by atoms with Gasteiger partial charge in [-0.05, 0) is 13.0 Å². The molecule has 0 unspecified atom stereocenters. The first-order chi connectivity index (χ1) is 11.2. The predicted octanol–water partition coefficient (Wildman–Crippen LogP) is 1.63. The lowest BCUT2D eigenvalue weighted by molar-refractivity contribution is -0.140. The smallest absolute Gasteiger partial charge is 0.325 e. The number of ether oxygens (including phenoxy) is 4. The second-order valence-electron chi connectivity index (χ2n) is 4.42. The monoisotopic (exact) mass is 321 g/mol. The summed E-state index contributed by atoms with van der Waals surface area (Å²) < 4.78 is 20.9. The molecule has 0 aliphatic carbocycles. The Morgan fingerprint density at radius 1 is 1.13 bits per heavy atom. The highest BCUT2D eigenvalue weighted by Gasteiger charge is 2.19. The van der Waals surface area contributed by atoms with E-state index in [-0.39, 0.29) is 12.5 Å². The molecule has 0 spiro atoms. The normalized spacial score (nSPS) is 10.3. The van der Waals surface area contributed by atoms with E-state index in [0.717, 1.165) is 0 Å². The van der Waals surface area contributed by atoms with Gasteiger partial charge in [-0.25, -0.2) is 9.97 Å². The number of fused-ring (bicyclic) bond motifs is 1. The molecule has 1 N–H and O–H groups in total. The average Bonchev–Trinajstić information content (AvgIpc) is 2.58. The molecule has 8 nitrogen and oxygen atoms in total. The second kappa shape index (κ2) is 7.48. The molecule has 0 saturated carbocycles. The van der Waals surface area contributed by atoms with E-state index in [1.165, 1.54) is 27.7 Å². The summed E-state index contributed by atoms with van der Waals surface area (Å²) in [4.78, 5) is 19.9. The van der Waals surface area contributed by atoms with Gasteiger partial charge in [0, 0.05) is 0 Å². The van der Waals surface area contributed by atoms with Crippen molar-refractivity contribution < 1.29 is 23.7 Å². The van der Waals surface area contributed by atoms with E-state index in [0.29, 0.717) is 40.6 Å². The molecule has 0 saturated heterocycles. The van der Waals surface area contributed by atoms with Gasteiger partial charge in [0.1, 0.15) is 24.2 Å². The lowest BCUT2D eigenvalue weighted by atomic mass is 10.2. The summed E-state index contributed by atoms with van der Waals surface area (Å²) in [6.07, 6.45) is 1.38. The Bertz CT molecular complexity index is 705. The van der Waals surface area contributed by atoms with Gasteiger partial charge in [0.2, 0.25) is 5.75 Å². The molecule has 0 amide bonds.